The minimum absolute atomic E-state index is 0.120. The number of rotatable bonds is 5. The third kappa shape index (κ3) is 3.44. The zero-order valence-corrected chi connectivity index (χ0v) is 10.1. The number of hydrogen-bond acceptors (Lipinski definition) is 3. The zero-order valence-electron chi connectivity index (χ0n) is 10.1. The van der Waals surface area contributed by atoms with Crippen LogP contribution in [-0.4, -0.2) is 46.9 Å². The molecule has 0 radical (unpaired) electrons. The summed E-state index contributed by atoms with van der Waals surface area (Å²) in [6.07, 6.45) is 0.859. The van der Waals surface area contributed by atoms with E-state index in [4.69, 9.17) is 5.11 Å². The molecule has 0 aromatic heterocycles. The molecule has 1 unspecified atom stereocenters. The zero-order chi connectivity index (χ0) is 13.0. The minimum atomic E-state index is -0.924. The van der Waals surface area contributed by atoms with Gasteiger partial charge in [0.1, 0.15) is 6.04 Å². The third-order valence-corrected chi connectivity index (χ3v) is 2.90. The summed E-state index contributed by atoms with van der Waals surface area (Å²) in [5, 5.41) is 11.4. The summed E-state index contributed by atoms with van der Waals surface area (Å²) in [5.41, 5.74) is 0. The van der Waals surface area contributed by atoms with E-state index in [1.54, 1.807) is 13.8 Å². The lowest BCUT2D eigenvalue weighted by Crippen LogP contribution is -2.46. The van der Waals surface area contributed by atoms with Crippen molar-refractivity contribution in [2.24, 2.45) is 5.92 Å². The number of amides is 2. The van der Waals surface area contributed by atoms with E-state index in [1.165, 1.54) is 4.90 Å². The molecule has 1 saturated heterocycles. The van der Waals surface area contributed by atoms with E-state index < -0.39 is 17.9 Å². The largest absolute Gasteiger partial charge is 0.481 e. The highest BCUT2D eigenvalue weighted by Crippen LogP contribution is 2.11. The molecule has 96 valence electrons. The van der Waals surface area contributed by atoms with Gasteiger partial charge < -0.3 is 15.3 Å². The molecule has 6 nitrogen and oxygen atoms in total. The molecule has 0 aromatic carbocycles. The fourth-order valence-electron chi connectivity index (χ4n) is 1.80. The van der Waals surface area contributed by atoms with E-state index in [-0.39, 0.29) is 18.4 Å². The number of likely N-dealkylation sites (N-methyl/N-ethyl adjacent to an activating group) is 1. The number of nitrogens with one attached hydrogen (secondary N) is 1. The first-order chi connectivity index (χ1) is 7.95. The number of aliphatic carboxylic acids is 1. The average Bonchev–Trinajstić information content (AvgIpc) is 2.71. The molecule has 0 spiro atoms. The monoisotopic (exact) mass is 242 g/mol. The van der Waals surface area contributed by atoms with Gasteiger partial charge in [0, 0.05) is 19.5 Å². The van der Waals surface area contributed by atoms with Crippen molar-refractivity contribution >= 4 is 17.8 Å². The summed E-state index contributed by atoms with van der Waals surface area (Å²) in [6, 6.07) is -0.483. The van der Waals surface area contributed by atoms with Crippen LogP contribution in [-0.2, 0) is 14.4 Å². The lowest BCUT2D eigenvalue weighted by Gasteiger charge is -2.25. The molecular weight excluding hydrogens is 224 g/mol. The van der Waals surface area contributed by atoms with Crippen LogP contribution in [0.5, 0.6) is 0 Å². The maximum Gasteiger partial charge on any atom is 0.308 e. The Morgan fingerprint density at radius 1 is 1.59 bits per heavy atom. The normalized spacial score (nSPS) is 20.8. The van der Waals surface area contributed by atoms with E-state index in [0.717, 1.165) is 0 Å². The summed E-state index contributed by atoms with van der Waals surface area (Å²) in [7, 11) is 0. The molecule has 0 aromatic rings. The van der Waals surface area contributed by atoms with Crippen molar-refractivity contribution in [2.45, 2.75) is 32.7 Å². The van der Waals surface area contributed by atoms with Gasteiger partial charge in [-0.3, -0.25) is 14.4 Å². The van der Waals surface area contributed by atoms with Gasteiger partial charge in [0.15, 0.2) is 0 Å². The highest BCUT2D eigenvalue weighted by molar-refractivity contribution is 5.91. The summed E-state index contributed by atoms with van der Waals surface area (Å²) < 4.78 is 0. The van der Waals surface area contributed by atoms with Gasteiger partial charge in [-0.05, 0) is 13.3 Å². The lowest BCUT2D eigenvalue weighted by atomic mass is 10.1. The molecule has 17 heavy (non-hydrogen) atoms. The van der Waals surface area contributed by atoms with Gasteiger partial charge in [-0.25, -0.2) is 0 Å². The second-order valence-corrected chi connectivity index (χ2v) is 4.27. The van der Waals surface area contributed by atoms with Crippen LogP contribution in [0.3, 0.4) is 0 Å². The van der Waals surface area contributed by atoms with Gasteiger partial charge in [0.25, 0.3) is 0 Å². The second-order valence-electron chi connectivity index (χ2n) is 4.27. The summed E-state index contributed by atoms with van der Waals surface area (Å²) in [5.74, 6) is -1.83. The van der Waals surface area contributed by atoms with Crippen LogP contribution in [0.15, 0.2) is 0 Å². The van der Waals surface area contributed by atoms with Gasteiger partial charge in [0.05, 0.1) is 5.92 Å². The van der Waals surface area contributed by atoms with Crippen molar-refractivity contribution in [3.8, 4) is 0 Å². The maximum absolute atomic E-state index is 12.0. The van der Waals surface area contributed by atoms with Crippen molar-refractivity contribution in [1.82, 2.24) is 10.2 Å². The molecule has 2 atom stereocenters. The minimum Gasteiger partial charge on any atom is -0.481 e. The molecule has 2 N–H and O–H groups in total. The average molecular weight is 242 g/mol. The second kappa shape index (κ2) is 5.65. The standard InChI is InChI=1S/C11H18N2O4/c1-3-13(6-7(2)11(16)17)10(15)8-4-5-9(14)12-8/h7-8H,3-6H2,1-2H3,(H,12,14)(H,16,17)/t7?,8-/m0/s1. The first kappa shape index (κ1) is 13.5. The van der Waals surface area contributed by atoms with Crippen molar-refractivity contribution in [3.63, 3.8) is 0 Å². The third-order valence-electron chi connectivity index (χ3n) is 2.90. The fraction of sp³-hybridized carbons (Fsp3) is 0.727. The summed E-state index contributed by atoms with van der Waals surface area (Å²) in [4.78, 5) is 35.2. The number of nitrogens with zero attached hydrogens (tertiary/aromatic N) is 1. The Kier molecular flexibility index (Phi) is 4.48. The van der Waals surface area contributed by atoms with Gasteiger partial charge in [-0.2, -0.15) is 0 Å². The quantitative estimate of drug-likeness (QED) is 0.701. The van der Waals surface area contributed by atoms with Gasteiger partial charge >= 0.3 is 5.97 Å². The Morgan fingerprint density at radius 2 is 2.24 bits per heavy atom. The van der Waals surface area contributed by atoms with Gasteiger partial charge in [-0.1, -0.05) is 6.92 Å². The van der Waals surface area contributed by atoms with Crippen LogP contribution in [0, 0.1) is 5.92 Å². The summed E-state index contributed by atoms with van der Waals surface area (Å²) in [6.45, 7) is 3.98. The molecule has 0 saturated carbocycles. The molecule has 0 bridgehead atoms. The smallest absolute Gasteiger partial charge is 0.308 e. The molecule has 6 heteroatoms. The van der Waals surface area contributed by atoms with Crippen LogP contribution < -0.4 is 5.32 Å². The van der Waals surface area contributed by atoms with E-state index in [1.807, 2.05) is 0 Å². The molecular formula is C11H18N2O4. The molecule has 0 aliphatic carbocycles. The van der Waals surface area contributed by atoms with Gasteiger partial charge in [0.2, 0.25) is 11.8 Å². The van der Waals surface area contributed by atoms with Crippen LogP contribution in [0.4, 0.5) is 0 Å². The Morgan fingerprint density at radius 3 is 2.65 bits per heavy atom. The van der Waals surface area contributed by atoms with Gasteiger partial charge in [-0.15, -0.1) is 0 Å². The number of carboxylic acid groups (broad SMARTS) is 1. The summed E-state index contributed by atoms with van der Waals surface area (Å²) >= 11 is 0. The first-order valence-corrected chi connectivity index (χ1v) is 5.76. The predicted molar refractivity (Wildman–Crippen MR) is 60.2 cm³/mol. The predicted octanol–water partition coefficient (Wildman–Crippen LogP) is -0.166. The Bertz CT molecular complexity index is 329. The number of hydrogen-bond donors (Lipinski definition) is 2. The highest BCUT2D eigenvalue weighted by atomic mass is 16.4. The van der Waals surface area contributed by atoms with E-state index in [0.29, 0.717) is 19.4 Å². The number of carboxylic acids is 1. The van der Waals surface area contributed by atoms with Crippen molar-refractivity contribution in [1.29, 1.82) is 0 Å². The van der Waals surface area contributed by atoms with E-state index in [2.05, 4.69) is 5.32 Å². The Balaban J connectivity index is 2.58. The van der Waals surface area contributed by atoms with Crippen LogP contribution in [0.1, 0.15) is 26.7 Å². The van der Waals surface area contributed by atoms with E-state index in [9.17, 15) is 14.4 Å². The Labute approximate surface area is 100.0 Å². The van der Waals surface area contributed by atoms with Crippen LogP contribution >= 0.6 is 0 Å². The van der Waals surface area contributed by atoms with Crippen LogP contribution in [0.25, 0.3) is 0 Å². The maximum atomic E-state index is 12.0. The molecule has 1 aliphatic rings. The van der Waals surface area contributed by atoms with Crippen LogP contribution in [0.2, 0.25) is 0 Å². The number of carbonyl (C=O) groups excluding carboxylic acids is 2. The van der Waals surface area contributed by atoms with Crippen molar-refractivity contribution in [2.75, 3.05) is 13.1 Å². The molecule has 1 rings (SSSR count). The first-order valence-electron chi connectivity index (χ1n) is 5.76. The lowest BCUT2D eigenvalue weighted by molar-refractivity contribution is -0.143. The molecule has 1 aliphatic heterocycles. The molecule has 1 heterocycles. The molecule has 2 amide bonds. The fourth-order valence-corrected chi connectivity index (χ4v) is 1.80. The number of carbonyl (C=O) groups is 3. The SMILES string of the molecule is CCN(CC(C)C(=O)O)C(=O)[C@@H]1CCC(=O)N1. The van der Waals surface area contributed by atoms with Crippen molar-refractivity contribution < 1.29 is 19.5 Å². The highest BCUT2D eigenvalue weighted by Gasteiger charge is 2.31. The topological polar surface area (TPSA) is 86.7 Å². The van der Waals surface area contributed by atoms with Crippen molar-refractivity contribution in [3.05, 3.63) is 0 Å². The Hall–Kier alpha value is -1.59. The van der Waals surface area contributed by atoms with E-state index >= 15 is 0 Å². The molecule has 1 fully saturated rings.